The molecule has 4 rings (SSSR count). The fourth-order valence-corrected chi connectivity index (χ4v) is 4.09. The summed E-state index contributed by atoms with van der Waals surface area (Å²) >= 11 is 0. The van der Waals surface area contributed by atoms with Gasteiger partial charge < -0.3 is 9.88 Å². The van der Waals surface area contributed by atoms with Crippen molar-refractivity contribution in [1.29, 1.82) is 0 Å². The number of likely N-dealkylation sites (tertiary alicyclic amines) is 1. The van der Waals surface area contributed by atoms with Gasteiger partial charge in [-0.15, -0.1) is 10.2 Å². The van der Waals surface area contributed by atoms with Gasteiger partial charge in [0.25, 0.3) is 0 Å². The number of hydrogen-bond acceptors (Lipinski definition) is 4. The number of piperidine rings is 1. The van der Waals surface area contributed by atoms with Crippen LogP contribution in [0.5, 0.6) is 0 Å². The summed E-state index contributed by atoms with van der Waals surface area (Å²) in [5.41, 5.74) is 4.33. The second-order valence-corrected chi connectivity index (χ2v) is 7.22. The van der Waals surface area contributed by atoms with Crippen molar-refractivity contribution in [3.8, 4) is 0 Å². The van der Waals surface area contributed by atoms with Crippen LogP contribution in [0.4, 0.5) is 0 Å². The van der Waals surface area contributed by atoms with E-state index in [0.29, 0.717) is 5.92 Å². The molecule has 0 atom stereocenters. The number of nitrogens with zero attached hydrogens (tertiary/aromatic N) is 4. The molecule has 1 saturated heterocycles. The molecule has 2 aromatic rings. The fourth-order valence-electron chi connectivity index (χ4n) is 4.09. The van der Waals surface area contributed by atoms with Crippen molar-refractivity contribution < 1.29 is 0 Å². The second-order valence-electron chi connectivity index (χ2n) is 7.22. The topological polar surface area (TPSA) is 46.0 Å². The number of aryl methyl sites for hydroxylation is 2. The highest BCUT2D eigenvalue weighted by Gasteiger charge is 2.27. The predicted octanol–water partition coefficient (Wildman–Crippen LogP) is 2.38. The van der Waals surface area contributed by atoms with E-state index in [1.54, 1.807) is 0 Å². The molecule has 3 heterocycles. The lowest BCUT2D eigenvalue weighted by molar-refractivity contribution is 0.199. The van der Waals surface area contributed by atoms with Crippen LogP contribution < -0.4 is 5.32 Å². The van der Waals surface area contributed by atoms with Crippen molar-refractivity contribution in [3.63, 3.8) is 0 Å². The van der Waals surface area contributed by atoms with Crippen molar-refractivity contribution in [2.75, 3.05) is 19.6 Å². The molecule has 0 radical (unpaired) electrons. The molecular formula is C19H27N5. The Morgan fingerprint density at radius 3 is 2.58 bits per heavy atom. The van der Waals surface area contributed by atoms with Gasteiger partial charge in [0.1, 0.15) is 11.6 Å². The first-order valence-electron chi connectivity index (χ1n) is 9.12. The highest BCUT2D eigenvalue weighted by molar-refractivity contribution is 5.33. The molecule has 5 nitrogen and oxygen atoms in total. The van der Waals surface area contributed by atoms with Crippen molar-refractivity contribution in [3.05, 3.63) is 46.5 Å². The van der Waals surface area contributed by atoms with E-state index in [-0.39, 0.29) is 0 Å². The van der Waals surface area contributed by atoms with Gasteiger partial charge in [0, 0.05) is 25.6 Å². The van der Waals surface area contributed by atoms with Crippen LogP contribution in [-0.4, -0.2) is 39.3 Å². The molecule has 0 saturated carbocycles. The lowest BCUT2D eigenvalue weighted by Gasteiger charge is -2.32. The lowest BCUT2D eigenvalue weighted by atomic mass is 9.94. The second kappa shape index (κ2) is 6.65. The van der Waals surface area contributed by atoms with Gasteiger partial charge in [0.05, 0.1) is 6.54 Å². The Morgan fingerprint density at radius 1 is 1.08 bits per heavy atom. The molecule has 1 aromatic carbocycles. The summed E-state index contributed by atoms with van der Waals surface area (Å²) in [6.45, 7) is 10.7. The fraction of sp³-hybridized carbons (Fsp3) is 0.579. The maximum Gasteiger partial charge on any atom is 0.147 e. The standard InChI is InChI=1S/C19H27N5/c1-14-4-3-5-15(2)17(14)13-23-9-6-16(7-10-23)19-22-21-18-12-20-8-11-24(18)19/h3-5,16,20H,6-13H2,1-2H3. The van der Waals surface area contributed by atoms with Crippen LogP contribution >= 0.6 is 0 Å². The minimum absolute atomic E-state index is 0.568. The molecule has 0 bridgehead atoms. The Kier molecular flexibility index (Phi) is 4.37. The first-order chi connectivity index (χ1) is 11.7. The zero-order valence-corrected chi connectivity index (χ0v) is 14.8. The molecule has 1 N–H and O–H groups in total. The van der Waals surface area contributed by atoms with Gasteiger partial charge in [-0.25, -0.2) is 0 Å². The molecule has 2 aliphatic heterocycles. The molecular weight excluding hydrogens is 298 g/mol. The third kappa shape index (κ3) is 2.98. The average molecular weight is 325 g/mol. The number of fused-ring (bicyclic) bond motifs is 1. The summed E-state index contributed by atoms with van der Waals surface area (Å²) in [5.74, 6) is 2.89. The molecule has 5 heteroatoms. The lowest BCUT2D eigenvalue weighted by Crippen LogP contribution is -2.35. The van der Waals surface area contributed by atoms with E-state index < -0.39 is 0 Å². The molecule has 1 fully saturated rings. The molecule has 0 spiro atoms. The van der Waals surface area contributed by atoms with E-state index in [0.717, 1.165) is 45.1 Å². The molecule has 128 valence electrons. The molecule has 2 aliphatic rings. The summed E-state index contributed by atoms with van der Waals surface area (Å²) < 4.78 is 2.35. The highest BCUT2D eigenvalue weighted by Crippen LogP contribution is 2.29. The summed E-state index contributed by atoms with van der Waals surface area (Å²) in [4.78, 5) is 2.60. The van der Waals surface area contributed by atoms with Gasteiger partial charge in [0.2, 0.25) is 0 Å². The molecule has 0 amide bonds. The minimum atomic E-state index is 0.568. The van der Waals surface area contributed by atoms with Crippen LogP contribution in [0, 0.1) is 13.8 Å². The monoisotopic (exact) mass is 325 g/mol. The van der Waals surface area contributed by atoms with Gasteiger partial charge in [-0.05, 0) is 56.5 Å². The SMILES string of the molecule is Cc1cccc(C)c1CN1CCC(c2nnc3n2CCNC3)CC1. The number of benzene rings is 1. The summed E-state index contributed by atoms with van der Waals surface area (Å²) in [5, 5.41) is 12.3. The van der Waals surface area contributed by atoms with E-state index in [1.165, 1.54) is 35.4 Å². The Labute approximate surface area is 144 Å². The van der Waals surface area contributed by atoms with Crippen LogP contribution in [0.2, 0.25) is 0 Å². The zero-order valence-electron chi connectivity index (χ0n) is 14.8. The first-order valence-corrected chi connectivity index (χ1v) is 9.12. The number of aromatic nitrogens is 3. The number of nitrogens with one attached hydrogen (secondary N) is 1. The van der Waals surface area contributed by atoms with Gasteiger partial charge in [-0.1, -0.05) is 18.2 Å². The van der Waals surface area contributed by atoms with Crippen LogP contribution in [0.25, 0.3) is 0 Å². The summed E-state index contributed by atoms with van der Waals surface area (Å²) in [6.07, 6.45) is 2.38. The average Bonchev–Trinajstić information content (AvgIpc) is 3.03. The largest absolute Gasteiger partial charge is 0.312 e. The van der Waals surface area contributed by atoms with Crippen LogP contribution in [0.1, 0.15) is 47.1 Å². The maximum absolute atomic E-state index is 4.51. The van der Waals surface area contributed by atoms with E-state index in [2.05, 4.69) is 57.0 Å². The normalized spacial score (nSPS) is 19.4. The smallest absolute Gasteiger partial charge is 0.147 e. The van der Waals surface area contributed by atoms with Crippen LogP contribution in [-0.2, 0) is 19.6 Å². The Morgan fingerprint density at radius 2 is 1.83 bits per heavy atom. The van der Waals surface area contributed by atoms with Gasteiger partial charge in [-0.2, -0.15) is 0 Å². The quantitative estimate of drug-likeness (QED) is 0.941. The Bertz CT molecular complexity index is 692. The first kappa shape index (κ1) is 15.8. The van der Waals surface area contributed by atoms with Crippen LogP contribution in [0.15, 0.2) is 18.2 Å². The predicted molar refractivity (Wildman–Crippen MR) is 94.9 cm³/mol. The highest BCUT2D eigenvalue weighted by atomic mass is 15.3. The van der Waals surface area contributed by atoms with Crippen molar-refractivity contribution in [2.45, 2.75) is 52.2 Å². The summed E-state index contributed by atoms with van der Waals surface area (Å²) in [7, 11) is 0. The van der Waals surface area contributed by atoms with E-state index in [9.17, 15) is 0 Å². The Balaban J connectivity index is 1.41. The number of rotatable bonds is 3. The maximum atomic E-state index is 4.51. The summed E-state index contributed by atoms with van der Waals surface area (Å²) in [6, 6.07) is 6.61. The van der Waals surface area contributed by atoms with Crippen molar-refractivity contribution in [1.82, 2.24) is 25.0 Å². The van der Waals surface area contributed by atoms with E-state index in [4.69, 9.17) is 0 Å². The minimum Gasteiger partial charge on any atom is -0.312 e. The molecule has 0 aliphatic carbocycles. The van der Waals surface area contributed by atoms with E-state index >= 15 is 0 Å². The van der Waals surface area contributed by atoms with E-state index in [1.807, 2.05) is 0 Å². The Hall–Kier alpha value is -1.72. The molecule has 24 heavy (non-hydrogen) atoms. The molecule has 0 unspecified atom stereocenters. The van der Waals surface area contributed by atoms with Crippen LogP contribution in [0.3, 0.4) is 0 Å². The third-order valence-electron chi connectivity index (χ3n) is 5.63. The van der Waals surface area contributed by atoms with Crippen molar-refractivity contribution in [2.24, 2.45) is 0 Å². The van der Waals surface area contributed by atoms with Gasteiger partial charge in [-0.3, -0.25) is 4.90 Å². The zero-order chi connectivity index (χ0) is 16.5. The number of hydrogen-bond donors (Lipinski definition) is 1. The molecule has 1 aromatic heterocycles. The van der Waals surface area contributed by atoms with Crippen molar-refractivity contribution >= 4 is 0 Å². The third-order valence-corrected chi connectivity index (χ3v) is 5.63. The van der Waals surface area contributed by atoms with Gasteiger partial charge in [0.15, 0.2) is 0 Å². The van der Waals surface area contributed by atoms with Gasteiger partial charge >= 0.3 is 0 Å².